The monoisotopic (exact) mass is 639 g/mol. The molecule has 1 atom stereocenters. The van der Waals surface area contributed by atoms with Crippen molar-refractivity contribution in [1.29, 1.82) is 0 Å². The molecule has 5 rings (SSSR count). The molecule has 250 valence electrons. The number of benzene rings is 2. The summed E-state index contributed by atoms with van der Waals surface area (Å²) in [6, 6.07) is 11.4. The van der Waals surface area contributed by atoms with Crippen LogP contribution in [0.2, 0.25) is 0 Å². The Balaban J connectivity index is 0.000000416. The van der Waals surface area contributed by atoms with Crippen LogP contribution in [0, 0.1) is 0 Å². The van der Waals surface area contributed by atoms with Crippen molar-refractivity contribution in [2.24, 2.45) is 5.73 Å². The van der Waals surface area contributed by atoms with Crippen molar-refractivity contribution in [2.45, 2.75) is 18.9 Å². The molecular weight excluding hydrogens is 594 g/mol. The minimum Gasteiger partial charge on any atom is -0.493 e. The lowest BCUT2D eigenvalue weighted by molar-refractivity contribution is -0.139. The van der Waals surface area contributed by atoms with Gasteiger partial charge in [-0.1, -0.05) is 0 Å². The number of ether oxygens (including phenoxy) is 3. The van der Waals surface area contributed by atoms with Crippen LogP contribution in [-0.2, 0) is 14.3 Å². The third-order valence-electron chi connectivity index (χ3n) is 8.01. The number of carboxylic acids is 2. The van der Waals surface area contributed by atoms with E-state index >= 15 is 0 Å². The van der Waals surface area contributed by atoms with Gasteiger partial charge in [-0.25, -0.2) is 9.97 Å². The average molecular weight is 640 g/mol. The van der Waals surface area contributed by atoms with Crippen LogP contribution in [0.5, 0.6) is 11.5 Å². The van der Waals surface area contributed by atoms with Crippen molar-refractivity contribution in [2.75, 3.05) is 97.1 Å². The highest BCUT2D eigenvalue weighted by molar-refractivity contribution is 5.93. The lowest BCUT2D eigenvalue weighted by Gasteiger charge is -2.34. The number of aliphatic carboxylic acids is 2. The normalized spacial score (nSPS) is 16.3. The number of anilines is 2. The molecule has 5 N–H and O–H groups in total. The first kappa shape index (κ1) is 34.6. The summed E-state index contributed by atoms with van der Waals surface area (Å²) in [6.07, 6.45) is -0.224. The Morgan fingerprint density at radius 3 is 2.24 bits per heavy atom. The van der Waals surface area contributed by atoms with E-state index in [0.717, 1.165) is 87.9 Å². The Hall–Kier alpha value is -4.24. The summed E-state index contributed by atoms with van der Waals surface area (Å²) < 4.78 is 16.6. The van der Waals surface area contributed by atoms with Crippen LogP contribution in [-0.4, -0.2) is 135 Å². The van der Waals surface area contributed by atoms with Crippen LogP contribution in [0.1, 0.15) is 12.8 Å². The molecular formula is C32H45N7O7. The number of morpholine rings is 1. The second kappa shape index (κ2) is 16.9. The molecule has 0 unspecified atom stereocenters. The molecule has 0 bridgehead atoms. The van der Waals surface area contributed by atoms with Gasteiger partial charge in [0.15, 0.2) is 17.3 Å². The van der Waals surface area contributed by atoms with Gasteiger partial charge in [0.2, 0.25) is 0 Å². The molecule has 14 nitrogen and oxygen atoms in total. The third-order valence-corrected chi connectivity index (χ3v) is 8.01. The van der Waals surface area contributed by atoms with Gasteiger partial charge in [-0.15, -0.1) is 0 Å². The fraction of sp³-hybridized carbons (Fsp3) is 0.500. The number of piperazine rings is 1. The van der Waals surface area contributed by atoms with Crippen LogP contribution in [0.4, 0.5) is 11.5 Å². The lowest BCUT2D eigenvalue weighted by Crippen LogP contribution is -2.44. The summed E-state index contributed by atoms with van der Waals surface area (Å²) >= 11 is 0. The van der Waals surface area contributed by atoms with Crippen LogP contribution in [0.15, 0.2) is 36.4 Å². The fourth-order valence-electron chi connectivity index (χ4n) is 5.17. The number of hydrogen-bond acceptors (Lipinski definition) is 12. The molecule has 3 aromatic rings. The van der Waals surface area contributed by atoms with Gasteiger partial charge in [-0.2, -0.15) is 0 Å². The largest absolute Gasteiger partial charge is 0.493 e. The lowest BCUT2D eigenvalue weighted by atomic mass is 10.1. The summed E-state index contributed by atoms with van der Waals surface area (Å²) in [5.41, 5.74) is 8.04. The summed E-state index contributed by atoms with van der Waals surface area (Å²) in [4.78, 5) is 36.9. The van der Waals surface area contributed by atoms with E-state index in [1.165, 1.54) is 5.69 Å². The predicted molar refractivity (Wildman–Crippen MR) is 176 cm³/mol. The highest BCUT2D eigenvalue weighted by Gasteiger charge is 2.17. The summed E-state index contributed by atoms with van der Waals surface area (Å²) in [5.74, 6) is 0.604. The van der Waals surface area contributed by atoms with Crippen LogP contribution in [0.25, 0.3) is 22.3 Å². The summed E-state index contributed by atoms with van der Waals surface area (Å²) in [6.45, 7) is 9.47. The molecule has 0 amide bonds. The predicted octanol–water partition coefficient (Wildman–Crippen LogP) is 2.07. The molecule has 0 aliphatic carbocycles. The van der Waals surface area contributed by atoms with Crippen LogP contribution < -0.4 is 25.4 Å². The quantitative estimate of drug-likeness (QED) is 0.227. The van der Waals surface area contributed by atoms with Gasteiger partial charge in [0.1, 0.15) is 11.9 Å². The maximum absolute atomic E-state index is 9.99. The summed E-state index contributed by atoms with van der Waals surface area (Å²) in [7, 11) is 5.46. The second-order valence-electron chi connectivity index (χ2n) is 11.2. The number of fused-ring (bicyclic) bond motifs is 1. The van der Waals surface area contributed by atoms with Gasteiger partial charge < -0.3 is 45.3 Å². The molecule has 2 aliphatic rings. The number of aromatic nitrogens is 2. The number of nitrogens with two attached hydrogens (primary N) is 1. The van der Waals surface area contributed by atoms with Gasteiger partial charge in [0.05, 0.1) is 33.0 Å². The maximum atomic E-state index is 9.99. The molecule has 14 heteroatoms. The van der Waals surface area contributed by atoms with Crippen molar-refractivity contribution < 1.29 is 34.0 Å². The molecule has 0 radical (unpaired) electrons. The Kier molecular flexibility index (Phi) is 12.7. The second-order valence-corrected chi connectivity index (χ2v) is 11.2. The smallest absolute Gasteiger partial charge is 0.320 e. The molecule has 3 heterocycles. The molecule has 2 aliphatic heterocycles. The van der Waals surface area contributed by atoms with E-state index in [9.17, 15) is 9.59 Å². The zero-order chi connectivity index (χ0) is 33.1. The zero-order valence-electron chi connectivity index (χ0n) is 26.8. The maximum Gasteiger partial charge on any atom is 0.320 e. The van der Waals surface area contributed by atoms with Crippen LogP contribution >= 0.6 is 0 Å². The van der Waals surface area contributed by atoms with Gasteiger partial charge in [-0.05, 0) is 43.8 Å². The molecule has 0 spiro atoms. The Morgan fingerprint density at radius 2 is 1.63 bits per heavy atom. The Labute approximate surface area is 269 Å². The number of carbonyl (C=O) groups is 2. The number of carboxylic acid groups (broad SMARTS) is 2. The highest BCUT2D eigenvalue weighted by Crippen LogP contribution is 2.35. The topological polar surface area (TPSA) is 176 Å². The summed E-state index contributed by atoms with van der Waals surface area (Å²) in [5, 5.41) is 20.7. The van der Waals surface area contributed by atoms with Gasteiger partial charge in [0.25, 0.3) is 0 Å². The molecule has 1 aromatic heterocycles. The van der Waals surface area contributed by atoms with Gasteiger partial charge >= 0.3 is 11.9 Å². The first-order valence-electron chi connectivity index (χ1n) is 15.4. The van der Waals surface area contributed by atoms with Crippen molar-refractivity contribution in [3.63, 3.8) is 0 Å². The van der Waals surface area contributed by atoms with Gasteiger partial charge in [0, 0.05) is 81.5 Å². The molecule has 2 aromatic carbocycles. The number of nitrogens with zero attached hydrogens (tertiary/aromatic N) is 5. The molecule has 2 fully saturated rings. The minimum atomic E-state index is -1.17. The number of likely N-dealkylation sites (N-methyl/N-ethyl adjacent to an activating group) is 1. The molecule has 0 saturated carbocycles. The van der Waals surface area contributed by atoms with E-state index in [0.29, 0.717) is 17.3 Å². The highest BCUT2D eigenvalue weighted by atomic mass is 16.5. The van der Waals surface area contributed by atoms with Crippen molar-refractivity contribution in [3.8, 4) is 22.9 Å². The average Bonchev–Trinajstić information content (AvgIpc) is 3.07. The van der Waals surface area contributed by atoms with E-state index in [4.69, 9.17) is 40.1 Å². The van der Waals surface area contributed by atoms with Crippen LogP contribution in [0.3, 0.4) is 0 Å². The fourth-order valence-corrected chi connectivity index (χ4v) is 5.17. The third kappa shape index (κ3) is 9.63. The number of methoxy groups -OCH3 is 2. The van der Waals surface area contributed by atoms with E-state index in [1.54, 1.807) is 14.2 Å². The Bertz CT molecular complexity index is 1440. The molecule has 46 heavy (non-hydrogen) atoms. The number of rotatable bonds is 12. The number of nitrogens with one attached hydrogen (secondary N) is 1. The zero-order valence-corrected chi connectivity index (χ0v) is 26.8. The van der Waals surface area contributed by atoms with E-state index < -0.39 is 18.0 Å². The standard InChI is InChI=1S/C27H36N6O3.C5H9NO4/c1-31-10-12-33(13-11-31)21-6-4-20(5-7-21)26-29-23-19-25(35-3)24(34-2)18-22(23)27(30-26)28-8-9-32-14-16-36-17-15-32;6-3(5(9)10)1-2-4(7)8/h4-7,18-19H,8-17H2,1-3H3,(H,28,29,30);3H,1-2,6H2,(H,7,8)(H,9,10)/t;3-/m.0/s1. The van der Waals surface area contributed by atoms with E-state index in [2.05, 4.69) is 51.3 Å². The van der Waals surface area contributed by atoms with Crippen molar-refractivity contribution >= 4 is 34.3 Å². The van der Waals surface area contributed by atoms with Crippen molar-refractivity contribution in [1.82, 2.24) is 19.8 Å². The SMILES string of the molecule is COc1cc2nc(-c3ccc(N4CCN(C)CC4)cc3)nc(NCCN3CCOCC3)c2cc1OC.N[C@@H](CCC(=O)O)C(=O)O. The Morgan fingerprint density at radius 1 is 0.978 bits per heavy atom. The first-order chi connectivity index (χ1) is 22.2. The van der Waals surface area contributed by atoms with E-state index in [1.807, 2.05) is 12.1 Å². The van der Waals surface area contributed by atoms with Crippen molar-refractivity contribution in [3.05, 3.63) is 36.4 Å². The first-order valence-corrected chi connectivity index (χ1v) is 15.4. The van der Waals surface area contributed by atoms with E-state index in [-0.39, 0.29) is 12.8 Å². The minimum absolute atomic E-state index is 0.0231. The molecule has 2 saturated heterocycles. The van der Waals surface area contributed by atoms with Gasteiger partial charge in [-0.3, -0.25) is 14.5 Å². The number of hydrogen-bond donors (Lipinski definition) is 4.